The van der Waals surface area contributed by atoms with Crippen molar-refractivity contribution in [2.45, 2.75) is 6.92 Å². The Kier molecular flexibility index (Phi) is 3.92. The number of hydrogen-bond donors (Lipinski definition) is 1. The number of benzene rings is 1. The predicted molar refractivity (Wildman–Crippen MR) is 89.6 cm³/mol. The summed E-state index contributed by atoms with van der Waals surface area (Å²) >= 11 is 6.07. The van der Waals surface area contributed by atoms with Crippen LogP contribution in [0.3, 0.4) is 0 Å². The second-order valence-electron chi connectivity index (χ2n) is 5.27. The third-order valence-corrected chi connectivity index (χ3v) is 4.09. The minimum atomic E-state index is -0.223. The summed E-state index contributed by atoms with van der Waals surface area (Å²) in [6.45, 7) is 1.82. The highest BCUT2D eigenvalue weighted by molar-refractivity contribution is 6.32. The first-order valence-electron chi connectivity index (χ1n) is 7.05. The van der Waals surface area contributed by atoms with E-state index in [4.69, 9.17) is 11.6 Å². The number of aromatic nitrogens is 4. The van der Waals surface area contributed by atoms with Gasteiger partial charge in [-0.3, -0.25) is 9.48 Å². The molecule has 1 aromatic carbocycles. The molecule has 0 saturated heterocycles. The van der Waals surface area contributed by atoms with E-state index in [1.54, 1.807) is 42.2 Å². The molecule has 0 unspecified atom stereocenters. The monoisotopic (exact) mass is 329 g/mol. The van der Waals surface area contributed by atoms with E-state index in [2.05, 4.69) is 15.4 Å². The van der Waals surface area contributed by atoms with Crippen LogP contribution >= 0.6 is 11.6 Å². The molecule has 0 bridgehead atoms. The third-order valence-electron chi connectivity index (χ3n) is 3.68. The van der Waals surface area contributed by atoms with Gasteiger partial charge in [0, 0.05) is 43.1 Å². The number of hydrogen-bond acceptors (Lipinski definition) is 3. The van der Waals surface area contributed by atoms with Crippen LogP contribution in [0.4, 0.5) is 5.82 Å². The molecule has 2 heterocycles. The Bertz CT molecular complexity index is 880. The van der Waals surface area contributed by atoms with Gasteiger partial charge in [0.25, 0.3) is 5.91 Å². The van der Waals surface area contributed by atoms with Crippen molar-refractivity contribution >= 4 is 23.3 Å². The molecular weight excluding hydrogens is 314 g/mol. The van der Waals surface area contributed by atoms with E-state index in [-0.39, 0.29) is 5.91 Å². The number of carbonyl (C=O) groups excluding carboxylic acids is 1. The Morgan fingerprint density at radius 2 is 2.09 bits per heavy atom. The summed E-state index contributed by atoms with van der Waals surface area (Å²) in [4.78, 5) is 16.7. The van der Waals surface area contributed by atoms with E-state index in [1.807, 2.05) is 24.7 Å². The summed E-state index contributed by atoms with van der Waals surface area (Å²) in [6.07, 6.45) is 3.55. The number of amides is 1. The summed E-state index contributed by atoms with van der Waals surface area (Å²) in [5.41, 5.74) is 1.98. The Hall–Kier alpha value is -2.60. The highest BCUT2D eigenvalue weighted by Gasteiger charge is 2.15. The second kappa shape index (κ2) is 5.89. The number of aryl methyl sites for hydroxylation is 2. The van der Waals surface area contributed by atoms with Crippen molar-refractivity contribution in [3.05, 3.63) is 52.8 Å². The molecule has 0 saturated carbocycles. The average molecular weight is 330 g/mol. The maximum Gasteiger partial charge on any atom is 0.257 e. The molecule has 0 atom stereocenters. The maximum atomic E-state index is 12.5. The lowest BCUT2D eigenvalue weighted by Crippen LogP contribution is -2.15. The molecule has 0 radical (unpaired) electrons. The summed E-state index contributed by atoms with van der Waals surface area (Å²) in [7, 11) is 3.66. The smallest absolute Gasteiger partial charge is 0.257 e. The normalized spacial score (nSPS) is 10.8. The van der Waals surface area contributed by atoms with Crippen molar-refractivity contribution < 1.29 is 4.79 Å². The van der Waals surface area contributed by atoms with E-state index in [0.29, 0.717) is 22.1 Å². The van der Waals surface area contributed by atoms with Crippen LogP contribution in [0, 0.1) is 6.92 Å². The van der Waals surface area contributed by atoms with Gasteiger partial charge in [-0.25, -0.2) is 4.98 Å². The first-order valence-corrected chi connectivity index (χ1v) is 7.43. The van der Waals surface area contributed by atoms with Crippen LogP contribution in [0.1, 0.15) is 15.9 Å². The fraction of sp³-hybridized carbons (Fsp3) is 0.188. The standard InChI is InChI=1S/C16H16ClN5O/c1-10-11(5-4-6-12(10)17)16(23)19-14-9-13(20-22(14)3)15-18-7-8-21(15)2/h4-9H,1-3H3,(H,19,23). The summed E-state index contributed by atoms with van der Waals surface area (Å²) in [6, 6.07) is 7.05. The number of anilines is 1. The Morgan fingerprint density at radius 1 is 1.30 bits per heavy atom. The van der Waals surface area contributed by atoms with Crippen LogP contribution in [0.15, 0.2) is 36.7 Å². The van der Waals surface area contributed by atoms with Crippen molar-refractivity contribution in [2.75, 3.05) is 5.32 Å². The first kappa shape index (κ1) is 15.3. The molecule has 1 amide bonds. The summed E-state index contributed by atoms with van der Waals surface area (Å²) < 4.78 is 3.48. The first-order chi connectivity index (χ1) is 11.0. The van der Waals surface area contributed by atoms with E-state index in [0.717, 1.165) is 11.4 Å². The molecule has 7 heteroatoms. The molecule has 0 spiro atoms. The van der Waals surface area contributed by atoms with E-state index >= 15 is 0 Å². The van der Waals surface area contributed by atoms with Crippen LogP contribution < -0.4 is 5.32 Å². The van der Waals surface area contributed by atoms with Gasteiger partial charge >= 0.3 is 0 Å². The molecule has 23 heavy (non-hydrogen) atoms. The number of nitrogens with zero attached hydrogens (tertiary/aromatic N) is 4. The van der Waals surface area contributed by atoms with E-state index < -0.39 is 0 Å². The largest absolute Gasteiger partial charge is 0.333 e. The molecule has 0 aliphatic heterocycles. The average Bonchev–Trinajstić information content (AvgIpc) is 3.08. The van der Waals surface area contributed by atoms with Crippen LogP contribution in [0.2, 0.25) is 5.02 Å². The third kappa shape index (κ3) is 2.85. The molecule has 1 N–H and O–H groups in total. The van der Waals surface area contributed by atoms with E-state index in [1.165, 1.54) is 0 Å². The number of rotatable bonds is 3. The summed E-state index contributed by atoms with van der Waals surface area (Å²) in [5.74, 6) is 1.10. The van der Waals surface area contributed by atoms with Gasteiger partial charge in [-0.15, -0.1) is 0 Å². The lowest BCUT2D eigenvalue weighted by atomic mass is 10.1. The van der Waals surface area contributed by atoms with Crippen molar-refractivity contribution in [1.82, 2.24) is 19.3 Å². The molecule has 3 rings (SSSR count). The van der Waals surface area contributed by atoms with Crippen LogP contribution in [0.5, 0.6) is 0 Å². The van der Waals surface area contributed by atoms with Crippen molar-refractivity contribution in [1.29, 1.82) is 0 Å². The van der Waals surface area contributed by atoms with Crippen molar-refractivity contribution in [2.24, 2.45) is 14.1 Å². The number of nitrogens with one attached hydrogen (secondary N) is 1. The van der Waals surface area contributed by atoms with Crippen molar-refractivity contribution in [3.8, 4) is 11.5 Å². The fourth-order valence-electron chi connectivity index (χ4n) is 2.34. The Morgan fingerprint density at radius 3 is 2.78 bits per heavy atom. The Balaban J connectivity index is 1.89. The van der Waals surface area contributed by atoms with Crippen molar-refractivity contribution in [3.63, 3.8) is 0 Å². The van der Waals surface area contributed by atoms with Gasteiger partial charge in [0.2, 0.25) is 0 Å². The zero-order valence-corrected chi connectivity index (χ0v) is 13.8. The highest BCUT2D eigenvalue weighted by atomic mass is 35.5. The predicted octanol–water partition coefficient (Wildman–Crippen LogP) is 3.03. The van der Waals surface area contributed by atoms with Crippen LogP contribution in [-0.4, -0.2) is 25.2 Å². The number of imidazole rings is 1. The molecule has 0 aliphatic rings. The topological polar surface area (TPSA) is 64.7 Å². The van der Waals surface area contributed by atoms with Gasteiger partial charge < -0.3 is 9.88 Å². The highest BCUT2D eigenvalue weighted by Crippen LogP contribution is 2.22. The molecule has 0 aliphatic carbocycles. The molecule has 6 nitrogen and oxygen atoms in total. The molecule has 0 fully saturated rings. The second-order valence-corrected chi connectivity index (χ2v) is 5.67. The molecule has 3 aromatic rings. The van der Waals surface area contributed by atoms with Gasteiger partial charge in [-0.2, -0.15) is 5.10 Å². The van der Waals surface area contributed by atoms with E-state index in [9.17, 15) is 4.79 Å². The zero-order chi connectivity index (χ0) is 16.6. The quantitative estimate of drug-likeness (QED) is 0.803. The van der Waals surface area contributed by atoms with Gasteiger partial charge in [0.15, 0.2) is 5.82 Å². The minimum Gasteiger partial charge on any atom is -0.333 e. The molecule has 118 valence electrons. The number of halogens is 1. The van der Waals surface area contributed by atoms with Crippen LogP contribution in [-0.2, 0) is 14.1 Å². The summed E-state index contributed by atoms with van der Waals surface area (Å²) in [5, 5.41) is 7.82. The maximum absolute atomic E-state index is 12.5. The fourth-order valence-corrected chi connectivity index (χ4v) is 2.52. The lowest BCUT2D eigenvalue weighted by Gasteiger charge is -2.08. The molecular formula is C16H16ClN5O. The van der Waals surface area contributed by atoms with Gasteiger partial charge in [0.05, 0.1) is 0 Å². The van der Waals surface area contributed by atoms with Gasteiger partial charge in [-0.1, -0.05) is 17.7 Å². The zero-order valence-electron chi connectivity index (χ0n) is 13.0. The Labute approximate surface area is 138 Å². The molecule has 2 aromatic heterocycles. The SMILES string of the molecule is Cc1c(Cl)cccc1C(=O)Nc1cc(-c2nccn2C)nn1C. The van der Waals surface area contributed by atoms with Gasteiger partial charge in [-0.05, 0) is 24.6 Å². The minimum absolute atomic E-state index is 0.223. The van der Waals surface area contributed by atoms with Gasteiger partial charge in [0.1, 0.15) is 11.5 Å². The number of carbonyl (C=O) groups is 1. The van der Waals surface area contributed by atoms with Crippen LogP contribution in [0.25, 0.3) is 11.5 Å². The lowest BCUT2D eigenvalue weighted by molar-refractivity contribution is 0.102.